The molecule has 0 unspecified atom stereocenters. The largest absolute Gasteiger partial charge is 0.494 e. The average Bonchev–Trinajstić information content (AvgIpc) is 3.27. The summed E-state index contributed by atoms with van der Waals surface area (Å²) in [5.74, 6) is 0.166. The standard InChI is InChI=1S/C18H18N2O4S2/c1-3-24-12-6-7-13-15(11-12)26-18(20(13)9-8-16(21)23-2)19-17(22)14-5-4-10-25-14/h4-7,10-11H,3,8-9H2,1-2H3. The Morgan fingerprint density at radius 3 is 2.81 bits per heavy atom. The van der Waals surface area contributed by atoms with Crippen molar-refractivity contribution in [3.63, 3.8) is 0 Å². The Bertz CT molecular complexity index is 986. The number of fused-ring (bicyclic) bond motifs is 1. The van der Waals surface area contributed by atoms with Gasteiger partial charge in [-0.05, 0) is 36.6 Å². The van der Waals surface area contributed by atoms with Gasteiger partial charge in [-0.25, -0.2) is 0 Å². The minimum Gasteiger partial charge on any atom is -0.494 e. The Hall–Kier alpha value is -2.45. The molecule has 0 aliphatic carbocycles. The van der Waals surface area contributed by atoms with Crippen molar-refractivity contribution in [3.05, 3.63) is 45.4 Å². The van der Waals surface area contributed by atoms with Gasteiger partial charge in [0, 0.05) is 6.54 Å². The molecule has 0 bridgehead atoms. The average molecular weight is 390 g/mol. The highest BCUT2D eigenvalue weighted by Crippen LogP contribution is 2.24. The topological polar surface area (TPSA) is 69.9 Å². The number of nitrogens with zero attached hydrogens (tertiary/aromatic N) is 2. The molecule has 3 rings (SSSR count). The molecule has 26 heavy (non-hydrogen) atoms. The lowest BCUT2D eigenvalue weighted by atomic mass is 10.3. The Balaban J connectivity index is 2.06. The molecule has 0 spiro atoms. The van der Waals surface area contributed by atoms with Gasteiger partial charge in [0.2, 0.25) is 0 Å². The third kappa shape index (κ3) is 4.03. The van der Waals surface area contributed by atoms with Crippen molar-refractivity contribution < 1.29 is 19.1 Å². The van der Waals surface area contributed by atoms with Crippen LogP contribution in [-0.2, 0) is 16.1 Å². The first-order valence-electron chi connectivity index (χ1n) is 8.08. The lowest BCUT2D eigenvalue weighted by molar-refractivity contribution is -0.140. The first kappa shape index (κ1) is 18.3. The highest BCUT2D eigenvalue weighted by atomic mass is 32.1. The van der Waals surface area contributed by atoms with Gasteiger partial charge < -0.3 is 14.0 Å². The molecule has 6 nitrogen and oxygen atoms in total. The van der Waals surface area contributed by atoms with Crippen molar-refractivity contribution in [1.82, 2.24) is 4.57 Å². The monoisotopic (exact) mass is 390 g/mol. The summed E-state index contributed by atoms with van der Waals surface area (Å²) in [4.78, 5) is 29.4. The summed E-state index contributed by atoms with van der Waals surface area (Å²) in [5, 5.41) is 1.84. The van der Waals surface area contributed by atoms with Gasteiger partial charge in [-0.2, -0.15) is 4.99 Å². The van der Waals surface area contributed by atoms with Gasteiger partial charge in [0.15, 0.2) is 4.80 Å². The molecular formula is C18H18N2O4S2. The molecule has 2 aromatic heterocycles. The molecule has 8 heteroatoms. The zero-order valence-electron chi connectivity index (χ0n) is 14.4. The van der Waals surface area contributed by atoms with Crippen LogP contribution in [0, 0.1) is 0 Å². The van der Waals surface area contributed by atoms with Crippen molar-refractivity contribution >= 4 is 44.8 Å². The Morgan fingerprint density at radius 2 is 2.12 bits per heavy atom. The number of carbonyl (C=O) groups excluding carboxylic acids is 2. The number of ether oxygens (including phenoxy) is 2. The van der Waals surface area contributed by atoms with Gasteiger partial charge in [0.1, 0.15) is 5.75 Å². The molecule has 0 aliphatic heterocycles. The van der Waals surface area contributed by atoms with Gasteiger partial charge in [-0.1, -0.05) is 17.4 Å². The summed E-state index contributed by atoms with van der Waals surface area (Å²) in [6, 6.07) is 9.28. The molecule has 0 aliphatic rings. The van der Waals surface area contributed by atoms with Crippen LogP contribution in [0.3, 0.4) is 0 Å². The quantitative estimate of drug-likeness (QED) is 0.605. The number of methoxy groups -OCH3 is 1. The summed E-state index contributed by atoms with van der Waals surface area (Å²) in [6.45, 7) is 2.89. The van der Waals surface area contributed by atoms with Crippen LogP contribution in [0.4, 0.5) is 0 Å². The third-order valence-corrected chi connectivity index (χ3v) is 5.56. The molecule has 0 fully saturated rings. The predicted molar refractivity (Wildman–Crippen MR) is 102 cm³/mol. The van der Waals surface area contributed by atoms with Crippen LogP contribution in [0.5, 0.6) is 5.75 Å². The number of aromatic nitrogens is 1. The van der Waals surface area contributed by atoms with E-state index in [4.69, 9.17) is 9.47 Å². The molecule has 1 aromatic carbocycles. The third-order valence-electron chi connectivity index (χ3n) is 3.66. The van der Waals surface area contributed by atoms with E-state index in [1.54, 1.807) is 6.07 Å². The van der Waals surface area contributed by atoms with E-state index in [9.17, 15) is 9.59 Å². The van der Waals surface area contributed by atoms with Gasteiger partial charge in [-0.3, -0.25) is 9.59 Å². The number of rotatable bonds is 6. The van der Waals surface area contributed by atoms with E-state index in [-0.39, 0.29) is 18.3 Å². The maximum absolute atomic E-state index is 12.4. The van der Waals surface area contributed by atoms with E-state index in [0.29, 0.717) is 22.8 Å². The highest BCUT2D eigenvalue weighted by Gasteiger charge is 2.12. The second-order valence-corrected chi connectivity index (χ2v) is 7.28. The van der Waals surface area contributed by atoms with Crippen LogP contribution in [0.1, 0.15) is 23.0 Å². The van der Waals surface area contributed by atoms with Gasteiger partial charge in [0.05, 0.1) is 35.2 Å². The molecule has 3 aromatic rings. The van der Waals surface area contributed by atoms with Gasteiger partial charge in [-0.15, -0.1) is 11.3 Å². The first-order valence-corrected chi connectivity index (χ1v) is 9.77. The van der Waals surface area contributed by atoms with Gasteiger partial charge in [0.25, 0.3) is 5.91 Å². The number of thiophene rings is 1. The summed E-state index contributed by atoms with van der Waals surface area (Å²) in [5.41, 5.74) is 0.903. The summed E-state index contributed by atoms with van der Waals surface area (Å²) < 4.78 is 13.1. The number of esters is 1. The smallest absolute Gasteiger partial charge is 0.307 e. The van der Waals surface area contributed by atoms with Crippen molar-refractivity contribution in [2.45, 2.75) is 19.9 Å². The zero-order chi connectivity index (χ0) is 18.5. The van der Waals surface area contributed by atoms with Crippen molar-refractivity contribution in [3.8, 4) is 5.75 Å². The lowest BCUT2D eigenvalue weighted by Crippen LogP contribution is -2.19. The molecule has 0 radical (unpaired) electrons. The fourth-order valence-electron chi connectivity index (χ4n) is 2.46. The number of aryl methyl sites for hydroxylation is 1. The molecule has 0 saturated carbocycles. The fraction of sp³-hybridized carbons (Fsp3) is 0.278. The molecule has 2 heterocycles. The Kier molecular flexibility index (Phi) is 5.85. The number of hydrogen-bond acceptors (Lipinski definition) is 6. The minimum atomic E-state index is -0.307. The second kappa shape index (κ2) is 8.29. The van der Waals surface area contributed by atoms with E-state index >= 15 is 0 Å². The SMILES string of the molecule is CCOc1ccc2c(c1)sc(=NC(=O)c1cccs1)n2CCC(=O)OC. The highest BCUT2D eigenvalue weighted by molar-refractivity contribution is 7.16. The maximum atomic E-state index is 12.4. The molecule has 0 atom stereocenters. The van der Waals surface area contributed by atoms with Crippen LogP contribution in [0.25, 0.3) is 10.2 Å². The molecular weight excluding hydrogens is 372 g/mol. The number of amides is 1. The van der Waals surface area contributed by atoms with E-state index in [2.05, 4.69) is 4.99 Å². The maximum Gasteiger partial charge on any atom is 0.307 e. The number of carbonyl (C=O) groups is 2. The first-order chi connectivity index (χ1) is 12.6. The van der Waals surface area contributed by atoms with Gasteiger partial charge >= 0.3 is 5.97 Å². The Labute approximate surface area is 158 Å². The number of hydrogen-bond donors (Lipinski definition) is 0. The van der Waals surface area contributed by atoms with Crippen LogP contribution in [0.2, 0.25) is 0 Å². The molecule has 0 N–H and O–H groups in total. The number of benzene rings is 1. The van der Waals surface area contributed by atoms with E-state index in [0.717, 1.165) is 16.0 Å². The van der Waals surface area contributed by atoms with E-state index in [1.807, 2.05) is 41.1 Å². The van der Waals surface area contributed by atoms with Crippen LogP contribution < -0.4 is 9.54 Å². The van der Waals surface area contributed by atoms with Crippen LogP contribution in [-0.4, -0.2) is 30.2 Å². The zero-order valence-corrected chi connectivity index (χ0v) is 16.1. The summed E-state index contributed by atoms with van der Waals surface area (Å²) in [6.07, 6.45) is 0.204. The summed E-state index contributed by atoms with van der Waals surface area (Å²) in [7, 11) is 1.36. The van der Waals surface area contributed by atoms with E-state index in [1.165, 1.54) is 29.8 Å². The van der Waals surface area contributed by atoms with Crippen LogP contribution in [0.15, 0.2) is 40.7 Å². The van der Waals surface area contributed by atoms with Crippen molar-refractivity contribution in [1.29, 1.82) is 0 Å². The minimum absolute atomic E-state index is 0.204. The fourth-order valence-corrected chi connectivity index (χ4v) is 4.15. The second-order valence-electron chi connectivity index (χ2n) is 5.32. The van der Waals surface area contributed by atoms with E-state index < -0.39 is 0 Å². The summed E-state index contributed by atoms with van der Waals surface area (Å²) >= 11 is 2.75. The van der Waals surface area contributed by atoms with Crippen LogP contribution >= 0.6 is 22.7 Å². The van der Waals surface area contributed by atoms with Crippen molar-refractivity contribution in [2.24, 2.45) is 4.99 Å². The molecule has 136 valence electrons. The molecule has 0 saturated heterocycles. The Morgan fingerprint density at radius 1 is 1.27 bits per heavy atom. The lowest BCUT2D eigenvalue weighted by Gasteiger charge is -2.06. The number of thiazole rings is 1. The van der Waals surface area contributed by atoms with Crippen molar-refractivity contribution in [2.75, 3.05) is 13.7 Å². The molecule has 1 amide bonds. The normalized spacial score (nSPS) is 11.7. The predicted octanol–water partition coefficient (Wildman–Crippen LogP) is 3.47.